The van der Waals surface area contributed by atoms with E-state index < -0.39 is 11.9 Å². The Hall–Kier alpha value is -2.67. The number of thiophene rings is 1. The molecule has 7 heteroatoms. The van der Waals surface area contributed by atoms with Gasteiger partial charge in [-0.15, -0.1) is 11.3 Å². The molecule has 2 aromatic rings. The van der Waals surface area contributed by atoms with Crippen molar-refractivity contribution in [2.75, 3.05) is 17.2 Å². The predicted octanol–water partition coefficient (Wildman–Crippen LogP) is 3.38. The van der Waals surface area contributed by atoms with Crippen LogP contribution in [-0.4, -0.2) is 24.4 Å². The summed E-state index contributed by atoms with van der Waals surface area (Å²) in [6.07, 6.45) is 4.32. The Bertz CT molecular complexity index is 820. The van der Waals surface area contributed by atoms with Gasteiger partial charge in [0.15, 0.2) is 6.61 Å². The molecule has 0 fully saturated rings. The molecule has 0 saturated carbocycles. The zero-order chi connectivity index (χ0) is 18.5. The molecule has 6 nitrogen and oxygen atoms in total. The number of aryl methyl sites for hydroxylation is 2. The second-order valence-corrected chi connectivity index (χ2v) is 7.29. The number of amides is 2. The normalized spacial score (nSPS) is 12.8. The lowest BCUT2D eigenvalue weighted by atomic mass is 9.99. The molecule has 26 heavy (non-hydrogen) atoms. The van der Waals surface area contributed by atoms with Crippen LogP contribution in [0, 0.1) is 0 Å². The Balaban J connectivity index is 1.53. The van der Waals surface area contributed by atoms with Gasteiger partial charge in [-0.25, -0.2) is 4.79 Å². The molecule has 0 atom stereocenters. The van der Waals surface area contributed by atoms with Crippen molar-refractivity contribution >= 4 is 40.5 Å². The van der Waals surface area contributed by atoms with E-state index in [9.17, 15) is 14.4 Å². The summed E-state index contributed by atoms with van der Waals surface area (Å²) >= 11 is 1.46. The van der Waals surface area contributed by atoms with Crippen LogP contribution in [0.4, 0.5) is 11.4 Å². The van der Waals surface area contributed by atoms with Crippen molar-refractivity contribution in [2.45, 2.75) is 32.6 Å². The molecule has 0 unspecified atom stereocenters. The van der Waals surface area contributed by atoms with E-state index in [1.165, 1.54) is 28.7 Å². The lowest BCUT2D eigenvalue weighted by Gasteiger charge is -2.08. The topological polar surface area (TPSA) is 84.5 Å². The minimum absolute atomic E-state index is 0.193. The minimum Gasteiger partial charge on any atom is -0.451 e. The molecular formula is C19H20N2O4S. The van der Waals surface area contributed by atoms with Gasteiger partial charge in [0.1, 0.15) is 4.88 Å². The van der Waals surface area contributed by atoms with E-state index in [1.54, 1.807) is 24.3 Å². The molecule has 1 aromatic heterocycles. The number of anilines is 2. The number of hydrogen-bond acceptors (Lipinski definition) is 5. The van der Waals surface area contributed by atoms with Crippen molar-refractivity contribution < 1.29 is 19.1 Å². The summed E-state index contributed by atoms with van der Waals surface area (Å²) in [5.41, 5.74) is 2.33. The summed E-state index contributed by atoms with van der Waals surface area (Å²) in [6, 6.07) is 8.64. The lowest BCUT2D eigenvalue weighted by molar-refractivity contribution is -0.119. The summed E-state index contributed by atoms with van der Waals surface area (Å²) < 4.78 is 5.12. The molecule has 1 aliphatic carbocycles. The van der Waals surface area contributed by atoms with E-state index in [1.807, 2.05) is 6.07 Å². The van der Waals surface area contributed by atoms with Crippen LogP contribution in [-0.2, 0) is 27.2 Å². The number of carbonyl (C=O) groups excluding carboxylic acids is 3. The Morgan fingerprint density at radius 1 is 1.08 bits per heavy atom. The summed E-state index contributed by atoms with van der Waals surface area (Å²) in [5, 5.41) is 5.29. The van der Waals surface area contributed by atoms with E-state index in [-0.39, 0.29) is 12.5 Å². The Morgan fingerprint density at radius 3 is 2.54 bits per heavy atom. The second kappa shape index (κ2) is 8.14. The fourth-order valence-electron chi connectivity index (χ4n) is 2.87. The van der Waals surface area contributed by atoms with Crippen molar-refractivity contribution in [3.8, 4) is 0 Å². The molecule has 0 saturated heterocycles. The van der Waals surface area contributed by atoms with Crippen LogP contribution in [0.2, 0.25) is 0 Å². The molecule has 0 aliphatic heterocycles. The maximum Gasteiger partial charge on any atom is 0.348 e. The summed E-state index contributed by atoms with van der Waals surface area (Å²) in [4.78, 5) is 37.0. The first-order chi connectivity index (χ1) is 12.5. The maximum absolute atomic E-state index is 12.2. The van der Waals surface area contributed by atoms with E-state index in [0.29, 0.717) is 16.3 Å². The largest absolute Gasteiger partial charge is 0.451 e. The minimum atomic E-state index is -0.466. The highest BCUT2D eigenvalue weighted by molar-refractivity contribution is 7.14. The van der Waals surface area contributed by atoms with Gasteiger partial charge in [0.25, 0.3) is 5.91 Å². The van der Waals surface area contributed by atoms with Gasteiger partial charge in [-0.05, 0) is 55.5 Å². The van der Waals surface area contributed by atoms with E-state index in [0.717, 1.165) is 25.7 Å². The van der Waals surface area contributed by atoms with Crippen molar-refractivity contribution in [1.29, 1.82) is 0 Å². The van der Waals surface area contributed by atoms with Crippen molar-refractivity contribution in [3.05, 3.63) is 45.6 Å². The molecular weight excluding hydrogens is 352 g/mol. The van der Waals surface area contributed by atoms with Crippen LogP contribution in [0.5, 0.6) is 0 Å². The van der Waals surface area contributed by atoms with Gasteiger partial charge in [-0.3, -0.25) is 9.59 Å². The van der Waals surface area contributed by atoms with Crippen LogP contribution in [0.25, 0.3) is 0 Å². The van der Waals surface area contributed by atoms with Gasteiger partial charge in [-0.1, -0.05) is 6.07 Å². The summed E-state index contributed by atoms with van der Waals surface area (Å²) in [5.74, 6) is -1.09. The van der Waals surface area contributed by atoms with Crippen LogP contribution < -0.4 is 10.6 Å². The smallest absolute Gasteiger partial charge is 0.348 e. The fourth-order valence-corrected chi connectivity index (χ4v) is 4.02. The van der Waals surface area contributed by atoms with Crippen molar-refractivity contribution in [2.24, 2.45) is 0 Å². The van der Waals surface area contributed by atoms with E-state index >= 15 is 0 Å². The number of ether oxygens (including phenoxy) is 1. The molecule has 0 radical (unpaired) electrons. The highest BCUT2D eigenvalue weighted by atomic mass is 32.1. The number of esters is 1. The monoisotopic (exact) mass is 372 g/mol. The lowest BCUT2D eigenvalue weighted by Crippen LogP contribution is -2.20. The van der Waals surface area contributed by atoms with Gasteiger partial charge in [0, 0.05) is 23.2 Å². The zero-order valence-corrected chi connectivity index (χ0v) is 15.3. The first kappa shape index (κ1) is 18.1. The highest BCUT2D eigenvalue weighted by Gasteiger charge is 2.19. The van der Waals surface area contributed by atoms with Gasteiger partial charge < -0.3 is 15.4 Å². The number of nitrogens with one attached hydrogen (secondary N) is 2. The number of hydrogen-bond donors (Lipinski definition) is 2. The SMILES string of the molecule is CC(=O)Nc1cccc(NC(=O)COC(=O)c2cc3c(s2)CCCC3)c1. The molecule has 1 aliphatic rings. The summed E-state index contributed by atoms with van der Waals surface area (Å²) in [6.45, 7) is 1.05. The van der Waals surface area contributed by atoms with Crippen LogP contribution in [0.1, 0.15) is 39.9 Å². The average molecular weight is 372 g/mol. The van der Waals surface area contributed by atoms with Crippen LogP contribution in [0.3, 0.4) is 0 Å². The van der Waals surface area contributed by atoms with Gasteiger partial charge >= 0.3 is 5.97 Å². The van der Waals surface area contributed by atoms with Gasteiger partial charge in [-0.2, -0.15) is 0 Å². The fraction of sp³-hybridized carbons (Fsp3) is 0.316. The molecule has 1 aromatic carbocycles. The third-order valence-corrected chi connectivity index (χ3v) is 5.22. The van der Waals surface area contributed by atoms with Gasteiger partial charge in [0.05, 0.1) is 0 Å². The standard InChI is InChI=1S/C19H20N2O4S/c1-12(22)20-14-6-4-7-15(10-14)21-18(23)11-25-19(24)17-9-13-5-2-3-8-16(13)26-17/h4,6-7,9-10H,2-3,5,8,11H2,1H3,(H,20,22)(H,21,23). The predicted molar refractivity (Wildman–Crippen MR) is 101 cm³/mol. The Morgan fingerprint density at radius 2 is 1.81 bits per heavy atom. The van der Waals surface area contributed by atoms with Crippen LogP contribution in [0.15, 0.2) is 30.3 Å². The average Bonchev–Trinajstić information content (AvgIpc) is 3.03. The van der Waals surface area contributed by atoms with Gasteiger partial charge in [0.2, 0.25) is 5.91 Å². The third-order valence-electron chi connectivity index (χ3n) is 4.00. The number of benzene rings is 1. The third kappa shape index (κ3) is 4.70. The second-order valence-electron chi connectivity index (χ2n) is 6.15. The van der Waals surface area contributed by atoms with E-state index in [4.69, 9.17) is 4.74 Å². The van der Waals surface area contributed by atoms with Crippen molar-refractivity contribution in [1.82, 2.24) is 0 Å². The van der Waals surface area contributed by atoms with Crippen LogP contribution >= 0.6 is 11.3 Å². The maximum atomic E-state index is 12.2. The van der Waals surface area contributed by atoms with E-state index in [2.05, 4.69) is 10.6 Å². The first-order valence-electron chi connectivity index (χ1n) is 8.47. The molecule has 3 rings (SSSR count). The number of rotatable bonds is 5. The zero-order valence-electron chi connectivity index (χ0n) is 14.5. The molecule has 0 spiro atoms. The summed E-state index contributed by atoms with van der Waals surface area (Å²) in [7, 11) is 0. The number of carbonyl (C=O) groups is 3. The molecule has 2 N–H and O–H groups in total. The van der Waals surface area contributed by atoms with Crippen molar-refractivity contribution in [3.63, 3.8) is 0 Å². The Kier molecular flexibility index (Phi) is 5.68. The quantitative estimate of drug-likeness (QED) is 0.788. The molecule has 136 valence electrons. The Labute approximate surface area is 155 Å². The molecule has 2 amide bonds. The first-order valence-corrected chi connectivity index (χ1v) is 9.29. The molecule has 0 bridgehead atoms. The number of fused-ring (bicyclic) bond motifs is 1. The molecule has 1 heterocycles. The highest BCUT2D eigenvalue weighted by Crippen LogP contribution is 2.30.